The van der Waals surface area contributed by atoms with Crippen LogP contribution < -0.4 is 5.32 Å². The molecule has 88 valence electrons. The van der Waals surface area contributed by atoms with E-state index in [1.54, 1.807) is 6.07 Å². The van der Waals surface area contributed by atoms with E-state index in [1.165, 1.54) is 25.1 Å². The van der Waals surface area contributed by atoms with Gasteiger partial charge in [-0.1, -0.05) is 12.8 Å². The zero-order valence-corrected chi connectivity index (χ0v) is 10.3. The minimum absolute atomic E-state index is 0.0335. The molecule has 1 aliphatic carbocycles. The van der Waals surface area contributed by atoms with Crippen LogP contribution >= 0.6 is 10.7 Å². The van der Waals surface area contributed by atoms with Crippen LogP contribution in [0.4, 0.5) is 5.82 Å². The van der Waals surface area contributed by atoms with Crippen molar-refractivity contribution in [2.75, 3.05) is 5.32 Å². The minimum atomic E-state index is -3.66. The fourth-order valence-corrected chi connectivity index (χ4v) is 2.57. The van der Waals surface area contributed by atoms with E-state index in [0.717, 1.165) is 12.8 Å². The molecule has 0 bridgehead atoms. The van der Waals surface area contributed by atoms with Crippen molar-refractivity contribution in [3.8, 4) is 0 Å². The highest BCUT2D eigenvalue weighted by Crippen LogP contribution is 2.22. The van der Waals surface area contributed by atoms with Crippen molar-refractivity contribution in [2.45, 2.75) is 36.6 Å². The first kappa shape index (κ1) is 11.7. The molecule has 0 amide bonds. The van der Waals surface area contributed by atoms with Crippen LogP contribution in [0.25, 0.3) is 0 Å². The Kier molecular flexibility index (Phi) is 3.35. The van der Waals surface area contributed by atoms with E-state index in [9.17, 15) is 8.42 Å². The van der Waals surface area contributed by atoms with E-state index < -0.39 is 9.05 Å². The van der Waals surface area contributed by atoms with Gasteiger partial charge in [-0.2, -0.15) is 0 Å². The Hall–Kier alpha value is -0.810. The first-order valence-corrected chi connectivity index (χ1v) is 7.54. The van der Waals surface area contributed by atoms with Gasteiger partial charge in [0.05, 0.1) is 0 Å². The largest absolute Gasteiger partial charge is 0.367 e. The Morgan fingerprint density at radius 2 is 2.00 bits per heavy atom. The van der Waals surface area contributed by atoms with E-state index in [0.29, 0.717) is 11.9 Å². The summed E-state index contributed by atoms with van der Waals surface area (Å²) in [6.07, 6.45) is 6.06. The summed E-state index contributed by atoms with van der Waals surface area (Å²) in [5.74, 6) is 0.705. The molecule has 1 heterocycles. The van der Waals surface area contributed by atoms with Gasteiger partial charge in [-0.25, -0.2) is 13.4 Å². The third-order valence-electron chi connectivity index (χ3n) is 2.73. The summed E-state index contributed by atoms with van der Waals surface area (Å²) in [7, 11) is 1.53. The highest BCUT2D eigenvalue weighted by atomic mass is 35.7. The van der Waals surface area contributed by atoms with Crippen LogP contribution in [-0.2, 0) is 9.05 Å². The molecule has 0 atom stereocenters. The third-order valence-corrected chi connectivity index (χ3v) is 4.06. The van der Waals surface area contributed by atoms with Crippen molar-refractivity contribution >= 4 is 25.6 Å². The highest BCUT2D eigenvalue weighted by molar-refractivity contribution is 8.13. The first-order chi connectivity index (χ1) is 7.55. The van der Waals surface area contributed by atoms with E-state index in [-0.39, 0.29) is 4.90 Å². The van der Waals surface area contributed by atoms with Gasteiger partial charge in [0.2, 0.25) is 0 Å². The number of nitrogens with one attached hydrogen (secondary N) is 1. The number of nitrogens with zero attached hydrogens (tertiary/aromatic N) is 1. The number of rotatable bonds is 3. The molecule has 1 N–H and O–H groups in total. The standard InChI is InChI=1S/C10H13ClN2O2S/c11-16(14,15)9-5-6-10(12-7-9)13-8-3-1-2-4-8/h5-8H,1-4H2,(H,12,13). The molecule has 1 saturated carbocycles. The zero-order valence-electron chi connectivity index (χ0n) is 8.69. The first-order valence-electron chi connectivity index (χ1n) is 5.23. The fraction of sp³-hybridized carbons (Fsp3) is 0.500. The van der Waals surface area contributed by atoms with Gasteiger partial charge in [-0.05, 0) is 25.0 Å². The molecule has 0 saturated heterocycles. The van der Waals surface area contributed by atoms with Crippen molar-refractivity contribution in [2.24, 2.45) is 0 Å². The number of hydrogen-bond donors (Lipinski definition) is 1. The van der Waals surface area contributed by atoms with Gasteiger partial charge in [-0.3, -0.25) is 0 Å². The Bertz CT molecular complexity index is 452. The maximum atomic E-state index is 11.0. The topological polar surface area (TPSA) is 59.1 Å². The fourth-order valence-electron chi connectivity index (χ4n) is 1.89. The third kappa shape index (κ3) is 2.86. The average Bonchev–Trinajstić information content (AvgIpc) is 2.70. The normalized spacial score (nSPS) is 17.6. The summed E-state index contributed by atoms with van der Waals surface area (Å²) in [6.45, 7) is 0. The number of hydrogen-bond acceptors (Lipinski definition) is 4. The molecular weight excluding hydrogens is 248 g/mol. The molecule has 1 fully saturated rings. The van der Waals surface area contributed by atoms with Crippen molar-refractivity contribution in [3.63, 3.8) is 0 Å². The highest BCUT2D eigenvalue weighted by Gasteiger charge is 2.15. The van der Waals surface area contributed by atoms with E-state index in [2.05, 4.69) is 10.3 Å². The van der Waals surface area contributed by atoms with Crippen molar-refractivity contribution in [3.05, 3.63) is 18.3 Å². The lowest BCUT2D eigenvalue weighted by atomic mass is 10.2. The predicted molar refractivity (Wildman–Crippen MR) is 63.2 cm³/mol. The van der Waals surface area contributed by atoms with Crippen LogP contribution in [-0.4, -0.2) is 19.4 Å². The van der Waals surface area contributed by atoms with Crippen molar-refractivity contribution in [1.29, 1.82) is 0 Å². The van der Waals surface area contributed by atoms with Gasteiger partial charge in [0.1, 0.15) is 10.7 Å². The lowest BCUT2D eigenvalue weighted by molar-refractivity contribution is 0.609. The summed E-state index contributed by atoms with van der Waals surface area (Å²) in [5.41, 5.74) is 0. The van der Waals surface area contributed by atoms with Crippen molar-refractivity contribution in [1.82, 2.24) is 4.98 Å². The SMILES string of the molecule is O=S(=O)(Cl)c1ccc(NC2CCCC2)nc1. The lowest BCUT2D eigenvalue weighted by Crippen LogP contribution is -2.15. The van der Waals surface area contributed by atoms with Gasteiger partial charge in [0.15, 0.2) is 0 Å². The second-order valence-corrected chi connectivity index (χ2v) is 6.51. The molecule has 1 aromatic rings. The Balaban J connectivity index is 2.07. The summed E-state index contributed by atoms with van der Waals surface area (Å²) in [6, 6.07) is 3.58. The molecule has 16 heavy (non-hydrogen) atoms. The summed E-state index contributed by atoms with van der Waals surface area (Å²) in [4.78, 5) is 4.07. The van der Waals surface area contributed by atoms with Gasteiger partial charge < -0.3 is 5.32 Å². The van der Waals surface area contributed by atoms with Gasteiger partial charge in [0.25, 0.3) is 9.05 Å². The molecule has 1 aromatic heterocycles. The molecule has 0 unspecified atom stereocenters. The molecular formula is C10H13ClN2O2S. The zero-order chi connectivity index (χ0) is 11.6. The average molecular weight is 261 g/mol. The maximum Gasteiger partial charge on any atom is 0.262 e. The van der Waals surface area contributed by atoms with Crippen LogP contribution in [0, 0.1) is 0 Å². The van der Waals surface area contributed by atoms with Crippen LogP contribution in [0.1, 0.15) is 25.7 Å². The number of halogens is 1. The molecule has 4 nitrogen and oxygen atoms in total. The van der Waals surface area contributed by atoms with E-state index in [4.69, 9.17) is 10.7 Å². The Labute approximate surface area is 99.5 Å². The second-order valence-electron chi connectivity index (χ2n) is 3.94. The quantitative estimate of drug-likeness (QED) is 0.848. The van der Waals surface area contributed by atoms with E-state index >= 15 is 0 Å². The molecule has 1 aliphatic rings. The van der Waals surface area contributed by atoms with Crippen LogP contribution in [0.15, 0.2) is 23.2 Å². The van der Waals surface area contributed by atoms with Crippen molar-refractivity contribution < 1.29 is 8.42 Å². The molecule has 0 aromatic carbocycles. The smallest absolute Gasteiger partial charge is 0.262 e. The summed E-state index contributed by atoms with van der Waals surface area (Å²) < 4.78 is 22.0. The maximum absolute atomic E-state index is 11.0. The number of pyridine rings is 1. The summed E-state index contributed by atoms with van der Waals surface area (Å²) >= 11 is 0. The second kappa shape index (κ2) is 4.59. The molecule has 2 rings (SSSR count). The predicted octanol–water partition coefficient (Wildman–Crippen LogP) is 2.36. The minimum Gasteiger partial charge on any atom is -0.367 e. The van der Waals surface area contributed by atoms with Crippen LogP contribution in [0.2, 0.25) is 0 Å². The van der Waals surface area contributed by atoms with Crippen LogP contribution in [0.3, 0.4) is 0 Å². The van der Waals surface area contributed by atoms with E-state index in [1.807, 2.05) is 0 Å². The number of aromatic nitrogens is 1. The lowest BCUT2D eigenvalue weighted by Gasteiger charge is -2.12. The van der Waals surface area contributed by atoms with Gasteiger partial charge >= 0.3 is 0 Å². The Morgan fingerprint density at radius 3 is 2.50 bits per heavy atom. The molecule has 0 aliphatic heterocycles. The van der Waals surface area contributed by atoms with Gasteiger partial charge in [-0.15, -0.1) is 0 Å². The Morgan fingerprint density at radius 1 is 1.31 bits per heavy atom. The number of anilines is 1. The molecule has 0 spiro atoms. The molecule has 6 heteroatoms. The van der Waals surface area contributed by atoms with Crippen LogP contribution in [0.5, 0.6) is 0 Å². The van der Waals surface area contributed by atoms with Gasteiger partial charge in [0, 0.05) is 22.9 Å². The summed E-state index contributed by atoms with van der Waals surface area (Å²) in [5, 5.41) is 3.27. The monoisotopic (exact) mass is 260 g/mol. The molecule has 0 radical (unpaired) electrons.